The highest BCUT2D eigenvalue weighted by Crippen LogP contribution is 2.20. The van der Waals surface area contributed by atoms with E-state index in [0.29, 0.717) is 17.9 Å². The van der Waals surface area contributed by atoms with Gasteiger partial charge in [0.25, 0.3) is 0 Å². The van der Waals surface area contributed by atoms with Crippen molar-refractivity contribution < 1.29 is 4.74 Å². The predicted octanol–water partition coefficient (Wildman–Crippen LogP) is 2.72. The highest BCUT2D eigenvalue weighted by molar-refractivity contribution is 5.39. The third-order valence-electron chi connectivity index (χ3n) is 3.44. The molecule has 1 aromatic heterocycles. The zero-order chi connectivity index (χ0) is 15.2. The molecule has 1 aliphatic heterocycles. The van der Waals surface area contributed by atoms with Crippen molar-refractivity contribution in [1.82, 2.24) is 15.0 Å². The first-order chi connectivity index (χ1) is 10.1. The molecule has 0 radical (unpaired) electrons. The van der Waals surface area contributed by atoms with E-state index in [9.17, 15) is 0 Å². The lowest BCUT2D eigenvalue weighted by atomic mass is 10.1. The van der Waals surface area contributed by atoms with E-state index in [-0.39, 0.29) is 6.10 Å². The number of hydrogen-bond acceptors (Lipinski definition) is 6. The average Bonchev–Trinajstić information content (AvgIpc) is 2.91. The quantitative estimate of drug-likeness (QED) is 0.834. The van der Waals surface area contributed by atoms with Crippen LogP contribution in [0.4, 0.5) is 11.9 Å². The van der Waals surface area contributed by atoms with Crippen LogP contribution < -0.4 is 15.0 Å². The molecule has 1 fully saturated rings. The molecule has 0 aliphatic carbocycles. The van der Waals surface area contributed by atoms with Crippen LogP contribution in [0.15, 0.2) is 0 Å². The van der Waals surface area contributed by atoms with Crippen LogP contribution in [0.1, 0.15) is 47.0 Å². The SMILES string of the molecule is CCNc1nc(OC(C)CC(C)C)nc(N2CCCC2)n1. The molecule has 6 nitrogen and oxygen atoms in total. The summed E-state index contributed by atoms with van der Waals surface area (Å²) in [7, 11) is 0. The van der Waals surface area contributed by atoms with Gasteiger partial charge in [0.05, 0.1) is 6.10 Å². The number of anilines is 2. The van der Waals surface area contributed by atoms with Crippen LogP contribution in [-0.2, 0) is 0 Å². The molecule has 1 unspecified atom stereocenters. The average molecular weight is 293 g/mol. The van der Waals surface area contributed by atoms with Gasteiger partial charge in [-0.25, -0.2) is 0 Å². The second-order valence-electron chi connectivity index (χ2n) is 6.02. The molecule has 0 spiro atoms. The fourth-order valence-corrected chi connectivity index (χ4v) is 2.59. The predicted molar refractivity (Wildman–Crippen MR) is 85.0 cm³/mol. The summed E-state index contributed by atoms with van der Waals surface area (Å²) in [6, 6.07) is 0.427. The molecule has 1 aliphatic rings. The minimum Gasteiger partial charge on any atom is -0.460 e. The Labute approximate surface area is 127 Å². The van der Waals surface area contributed by atoms with Crippen LogP contribution in [0.2, 0.25) is 0 Å². The minimum atomic E-state index is 0.105. The second kappa shape index (κ2) is 7.43. The first kappa shape index (κ1) is 15.8. The van der Waals surface area contributed by atoms with Crippen LogP contribution in [0.5, 0.6) is 6.01 Å². The molecule has 21 heavy (non-hydrogen) atoms. The normalized spacial score (nSPS) is 16.3. The summed E-state index contributed by atoms with van der Waals surface area (Å²) in [6.07, 6.45) is 3.49. The lowest BCUT2D eigenvalue weighted by Crippen LogP contribution is -2.23. The Morgan fingerprint density at radius 1 is 1.14 bits per heavy atom. The van der Waals surface area contributed by atoms with Gasteiger partial charge < -0.3 is 15.0 Å². The molecule has 2 rings (SSSR count). The molecule has 1 saturated heterocycles. The molecule has 118 valence electrons. The van der Waals surface area contributed by atoms with Crippen molar-refractivity contribution in [3.63, 3.8) is 0 Å². The van der Waals surface area contributed by atoms with Gasteiger partial charge in [-0.1, -0.05) is 13.8 Å². The molecule has 0 amide bonds. The summed E-state index contributed by atoms with van der Waals surface area (Å²) in [5, 5.41) is 3.16. The number of rotatable bonds is 7. The molecular formula is C15H27N5O. The summed E-state index contributed by atoms with van der Waals surface area (Å²) in [5.74, 6) is 1.92. The van der Waals surface area contributed by atoms with Crippen molar-refractivity contribution in [2.45, 2.75) is 53.1 Å². The summed E-state index contributed by atoms with van der Waals surface area (Å²) in [4.78, 5) is 15.5. The molecule has 1 atom stereocenters. The number of hydrogen-bond donors (Lipinski definition) is 1. The zero-order valence-corrected chi connectivity index (χ0v) is 13.6. The third-order valence-corrected chi connectivity index (χ3v) is 3.44. The van der Waals surface area contributed by atoms with Gasteiger partial charge in [0.15, 0.2) is 0 Å². The Morgan fingerprint density at radius 3 is 2.48 bits per heavy atom. The molecular weight excluding hydrogens is 266 g/mol. The van der Waals surface area contributed by atoms with E-state index in [1.54, 1.807) is 0 Å². The van der Waals surface area contributed by atoms with E-state index < -0.39 is 0 Å². The maximum atomic E-state index is 5.88. The number of ether oxygens (including phenoxy) is 1. The Hall–Kier alpha value is -1.59. The number of aromatic nitrogens is 3. The van der Waals surface area contributed by atoms with Crippen LogP contribution >= 0.6 is 0 Å². The van der Waals surface area contributed by atoms with Gasteiger partial charge in [0.2, 0.25) is 11.9 Å². The summed E-state index contributed by atoms with van der Waals surface area (Å²) >= 11 is 0. The van der Waals surface area contributed by atoms with Crippen molar-refractivity contribution in [2.24, 2.45) is 5.92 Å². The second-order valence-corrected chi connectivity index (χ2v) is 6.02. The summed E-state index contributed by atoms with van der Waals surface area (Å²) < 4.78 is 5.88. The third kappa shape index (κ3) is 4.72. The molecule has 1 aromatic rings. The Morgan fingerprint density at radius 2 is 1.86 bits per heavy atom. The maximum absolute atomic E-state index is 5.88. The Balaban J connectivity index is 2.14. The van der Waals surface area contributed by atoms with E-state index in [4.69, 9.17) is 4.74 Å². The summed E-state index contributed by atoms with van der Waals surface area (Å²) in [5.41, 5.74) is 0. The van der Waals surface area contributed by atoms with E-state index in [2.05, 4.69) is 45.9 Å². The first-order valence-electron chi connectivity index (χ1n) is 8.00. The van der Waals surface area contributed by atoms with Gasteiger partial charge in [0, 0.05) is 19.6 Å². The van der Waals surface area contributed by atoms with E-state index in [1.807, 2.05) is 6.92 Å². The molecule has 1 N–H and O–H groups in total. The van der Waals surface area contributed by atoms with Gasteiger partial charge >= 0.3 is 6.01 Å². The number of nitrogens with zero attached hydrogens (tertiary/aromatic N) is 4. The van der Waals surface area contributed by atoms with Crippen LogP contribution in [-0.4, -0.2) is 40.7 Å². The van der Waals surface area contributed by atoms with Crippen LogP contribution in [0.25, 0.3) is 0 Å². The Kier molecular flexibility index (Phi) is 5.59. The molecule has 0 bridgehead atoms. The lowest BCUT2D eigenvalue weighted by Gasteiger charge is -2.19. The standard InChI is InChI=1S/C15H27N5O/c1-5-16-13-17-14(20-8-6-7-9-20)19-15(18-13)21-12(4)10-11(2)3/h11-12H,5-10H2,1-4H3,(H,16,17,18,19). The van der Waals surface area contributed by atoms with Gasteiger partial charge in [-0.2, -0.15) is 15.0 Å². The van der Waals surface area contributed by atoms with Crippen molar-refractivity contribution in [1.29, 1.82) is 0 Å². The molecule has 0 saturated carbocycles. The Bertz CT molecular complexity index is 446. The fourth-order valence-electron chi connectivity index (χ4n) is 2.59. The highest BCUT2D eigenvalue weighted by Gasteiger charge is 2.18. The maximum Gasteiger partial charge on any atom is 0.323 e. The van der Waals surface area contributed by atoms with E-state index in [1.165, 1.54) is 12.8 Å². The molecule has 0 aromatic carbocycles. The van der Waals surface area contributed by atoms with E-state index >= 15 is 0 Å². The van der Waals surface area contributed by atoms with Crippen molar-refractivity contribution in [3.05, 3.63) is 0 Å². The summed E-state index contributed by atoms with van der Waals surface area (Å²) in [6.45, 7) is 11.3. The fraction of sp³-hybridized carbons (Fsp3) is 0.800. The lowest BCUT2D eigenvalue weighted by molar-refractivity contribution is 0.177. The highest BCUT2D eigenvalue weighted by atomic mass is 16.5. The minimum absolute atomic E-state index is 0.105. The van der Waals surface area contributed by atoms with Gasteiger partial charge in [-0.15, -0.1) is 0 Å². The molecule has 6 heteroatoms. The number of nitrogens with one attached hydrogen (secondary N) is 1. The van der Waals surface area contributed by atoms with Crippen molar-refractivity contribution >= 4 is 11.9 Å². The van der Waals surface area contributed by atoms with Crippen LogP contribution in [0, 0.1) is 5.92 Å². The monoisotopic (exact) mass is 293 g/mol. The first-order valence-corrected chi connectivity index (χ1v) is 8.00. The van der Waals surface area contributed by atoms with Crippen molar-refractivity contribution in [2.75, 3.05) is 29.9 Å². The van der Waals surface area contributed by atoms with Crippen molar-refractivity contribution in [3.8, 4) is 6.01 Å². The van der Waals surface area contributed by atoms with E-state index in [0.717, 1.165) is 32.0 Å². The van der Waals surface area contributed by atoms with Crippen LogP contribution in [0.3, 0.4) is 0 Å². The molecule has 2 heterocycles. The van der Waals surface area contributed by atoms with Gasteiger partial charge in [-0.05, 0) is 39.0 Å². The van der Waals surface area contributed by atoms with Gasteiger partial charge in [0.1, 0.15) is 0 Å². The zero-order valence-electron chi connectivity index (χ0n) is 13.6. The topological polar surface area (TPSA) is 63.2 Å². The smallest absolute Gasteiger partial charge is 0.323 e. The largest absolute Gasteiger partial charge is 0.460 e. The van der Waals surface area contributed by atoms with Gasteiger partial charge in [-0.3, -0.25) is 0 Å².